The first-order valence-electron chi connectivity index (χ1n) is 12.1. The Bertz CT molecular complexity index is 1150. The second-order valence-electron chi connectivity index (χ2n) is 9.92. The molecule has 4 atom stereocenters. The smallest absolute Gasteiger partial charge is 0.259 e. The van der Waals surface area contributed by atoms with Gasteiger partial charge in [0.15, 0.2) is 0 Å². The lowest BCUT2D eigenvalue weighted by molar-refractivity contribution is 0.00143. The molecular formula is C26H31N3O3. The normalized spacial score (nSPS) is 29.8. The highest BCUT2D eigenvalue weighted by Crippen LogP contribution is 2.45. The molecule has 4 aliphatic rings. The van der Waals surface area contributed by atoms with Crippen LogP contribution in [0.1, 0.15) is 48.9 Å². The van der Waals surface area contributed by atoms with E-state index in [1.54, 1.807) is 25.4 Å². The Balaban J connectivity index is 1.36. The van der Waals surface area contributed by atoms with Crippen LogP contribution in [0.2, 0.25) is 0 Å². The number of ether oxygens (including phenoxy) is 1. The van der Waals surface area contributed by atoms with E-state index in [0.29, 0.717) is 34.5 Å². The van der Waals surface area contributed by atoms with Crippen LogP contribution < -0.4 is 10.2 Å². The van der Waals surface area contributed by atoms with E-state index in [9.17, 15) is 9.59 Å². The number of fused-ring (bicyclic) bond motifs is 7. The van der Waals surface area contributed by atoms with Gasteiger partial charge in [0.2, 0.25) is 5.43 Å². The standard InChI is InChI=1S/C26H31N3O3/c1-32-22-9-4-7-19-23(22)27-14-20(25(19)30)26(31)29-11-5-6-16-12-17-13-18(24(16)29)15-28-10-3-2-8-21(17)28/h4,7,9,12,14,17-18,21,24H,2-3,5-6,8,10-11,13,15H2,1H3,(H,27,30)/t17-,18+,21-,24-/m1/s1. The fourth-order valence-corrected chi connectivity index (χ4v) is 6.91. The Labute approximate surface area is 188 Å². The van der Waals surface area contributed by atoms with Crippen molar-refractivity contribution in [3.05, 3.63) is 51.8 Å². The molecule has 6 nitrogen and oxygen atoms in total. The van der Waals surface area contributed by atoms with Gasteiger partial charge < -0.3 is 14.6 Å². The van der Waals surface area contributed by atoms with Gasteiger partial charge in [-0.1, -0.05) is 24.1 Å². The minimum atomic E-state index is -0.216. The third-order valence-electron chi connectivity index (χ3n) is 8.24. The van der Waals surface area contributed by atoms with Crippen molar-refractivity contribution in [1.29, 1.82) is 0 Å². The van der Waals surface area contributed by atoms with E-state index in [1.165, 1.54) is 37.8 Å². The molecule has 1 N–H and O–H groups in total. The third-order valence-corrected chi connectivity index (χ3v) is 8.24. The molecule has 0 saturated carbocycles. The predicted octanol–water partition coefficient (Wildman–Crippen LogP) is 3.57. The molecule has 0 radical (unpaired) electrons. The highest BCUT2D eigenvalue weighted by atomic mass is 16.5. The quantitative estimate of drug-likeness (QED) is 0.736. The van der Waals surface area contributed by atoms with Crippen molar-refractivity contribution in [3.63, 3.8) is 0 Å². The number of likely N-dealkylation sites (tertiary alicyclic amines) is 1. The SMILES string of the molecule is COc1cccc2c(=O)c(C(=O)N3CCCC4=C[C@@H]5C[C@@H](CN6CCCC[C@H]56)[C@@H]43)c[nH]c12. The first-order chi connectivity index (χ1) is 15.7. The Morgan fingerprint density at radius 1 is 1.19 bits per heavy atom. The summed E-state index contributed by atoms with van der Waals surface area (Å²) in [6.45, 7) is 2.99. The van der Waals surface area contributed by atoms with E-state index in [1.807, 2.05) is 11.0 Å². The Kier molecular flexibility index (Phi) is 4.86. The maximum atomic E-state index is 13.8. The maximum Gasteiger partial charge on any atom is 0.259 e. The fraction of sp³-hybridized carbons (Fsp3) is 0.538. The van der Waals surface area contributed by atoms with Crippen LogP contribution in [0.15, 0.2) is 40.8 Å². The summed E-state index contributed by atoms with van der Waals surface area (Å²) in [6.07, 6.45) is 11.3. The molecule has 1 amide bonds. The highest BCUT2D eigenvalue weighted by molar-refractivity contribution is 5.98. The molecule has 32 heavy (non-hydrogen) atoms. The Morgan fingerprint density at radius 2 is 2.09 bits per heavy atom. The zero-order valence-corrected chi connectivity index (χ0v) is 18.7. The van der Waals surface area contributed by atoms with Gasteiger partial charge >= 0.3 is 0 Å². The van der Waals surface area contributed by atoms with E-state index >= 15 is 0 Å². The van der Waals surface area contributed by atoms with Gasteiger partial charge in [0.1, 0.15) is 11.3 Å². The number of nitrogens with one attached hydrogen (secondary N) is 1. The molecule has 0 spiro atoms. The number of benzene rings is 1. The molecule has 1 aromatic heterocycles. The first-order valence-corrected chi connectivity index (χ1v) is 12.1. The molecule has 4 heterocycles. The van der Waals surface area contributed by atoms with Crippen molar-refractivity contribution in [2.24, 2.45) is 11.8 Å². The van der Waals surface area contributed by atoms with Gasteiger partial charge in [0.25, 0.3) is 5.91 Å². The molecule has 6 heteroatoms. The number of hydrogen-bond donors (Lipinski definition) is 1. The second kappa shape index (κ2) is 7.77. The third kappa shape index (κ3) is 3.03. The number of aromatic nitrogens is 1. The van der Waals surface area contributed by atoms with E-state index in [-0.39, 0.29) is 22.9 Å². The van der Waals surface area contributed by atoms with Crippen LogP contribution in [0.4, 0.5) is 0 Å². The van der Waals surface area contributed by atoms with Crippen LogP contribution in [0.5, 0.6) is 5.75 Å². The van der Waals surface area contributed by atoms with Crippen molar-refractivity contribution >= 4 is 16.8 Å². The summed E-state index contributed by atoms with van der Waals surface area (Å²) in [6, 6.07) is 6.20. The minimum absolute atomic E-state index is 0.134. The van der Waals surface area contributed by atoms with Crippen LogP contribution in [0.3, 0.4) is 0 Å². The summed E-state index contributed by atoms with van der Waals surface area (Å²) < 4.78 is 5.38. The van der Waals surface area contributed by atoms with Crippen LogP contribution in [0, 0.1) is 11.8 Å². The summed E-state index contributed by atoms with van der Waals surface area (Å²) in [5.41, 5.74) is 2.10. The predicted molar refractivity (Wildman–Crippen MR) is 124 cm³/mol. The lowest BCUT2D eigenvalue weighted by Gasteiger charge is -2.54. The monoisotopic (exact) mass is 433 g/mol. The number of H-pyrrole nitrogens is 1. The largest absolute Gasteiger partial charge is 0.495 e. The maximum absolute atomic E-state index is 13.8. The molecule has 3 fully saturated rings. The summed E-state index contributed by atoms with van der Waals surface area (Å²) in [4.78, 5) is 34.9. The zero-order valence-electron chi connectivity index (χ0n) is 18.7. The average Bonchev–Trinajstić information content (AvgIpc) is 2.83. The van der Waals surface area contributed by atoms with Crippen LogP contribution >= 0.6 is 0 Å². The number of hydrogen-bond acceptors (Lipinski definition) is 4. The van der Waals surface area contributed by atoms with Crippen molar-refractivity contribution < 1.29 is 9.53 Å². The molecule has 3 saturated heterocycles. The van der Waals surface area contributed by atoms with Crippen molar-refractivity contribution in [2.45, 2.75) is 50.6 Å². The van der Waals surface area contributed by atoms with Crippen molar-refractivity contribution in [1.82, 2.24) is 14.8 Å². The van der Waals surface area contributed by atoms with Gasteiger partial charge in [0.05, 0.1) is 24.1 Å². The van der Waals surface area contributed by atoms with Gasteiger partial charge in [0, 0.05) is 25.3 Å². The number of piperidine rings is 3. The number of rotatable bonds is 2. The Hall–Kier alpha value is -2.60. The Morgan fingerprint density at radius 3 is 2.97 bits per heavy atom. The lowest BCUT2D eigenvalue weighted by Crippen LogP contribution is -2.60. The molecule has 3 aliphatic heterocycles. The highest BCUT2D eigenvalue weighted by Gasteiger charge is 2.47. The van der Waals surface area contributed by atoms with Crippen molar-refractivity contribution in [2.75, 3.05) is 26.7 Å². The van der Waals surface area contributed by atoms with Gasteiger partial charge in [-0.15, -0.1) is 0 Å². The van der Waals surface area contributed by atoms with Gasteiger partial charge in [-0.3, -0.25) is 14.5 Å². The summed E-state index contributed by atoms with van der Waals surface area (Å²) in [5, 5.41) is 0.500. The molecule has 6 rings (SSSR count). The van der Waals surface area contributed by atoms with E-state index in [4.69, 9.17) is 4.74 Å². The zero-order chi connectivity index (χ0) is 21.8. The van der Waals surface area contributed by atoms with E-state index in [2.05, 4.69) is 16.0 Å². The molecular weight excluding hydrogens is 402 g/mol. The number of para-hydroxylation sites is 1. The number of nitrogens with zero attached hydrogens (tertiary/aromatic N) is 2. The summed E-state index contributed by atoms with van der Waals surface area (Å²) >= 11 is 0. The molecule has 1 aromatic carbocycles. The lowest BCUT2D eigenvalue weighted by atomic mass is 9.68. The second-order valence-corrected chi connectivity index (χ2v) is 9.92. The van der Waals surface area contributed by atoms with Gasteiger partial charge in [-0.05, 0) is 62.6 Å². The number of methoxy groups -OCH3 is 1. The van der Waals surface area contributed by atoms with Gasteiger partial charge in [-0.25, -0.2) is 0 Å². The summed E-state index contributed by atoms with van der Waals surface area (Å²) in [7, 11) is 1.58. The van der Waals surface area contributed by atoms with Crippen molar-refractivity contribution in [3.8, 4) is 5.75 Å². The van der Waals surface area contributed by atoms with Gasteiger partial charge in [-0.2, -0.15) is 0 Å². The molecule has 2 aromatic rings. The molecule has 1 aliphatic carbocycles. The molecule has 0 unspecified atom stereocenters. The minimum Gasteiger partial charge on any atom is -0.495 e. The number of aromatic amines is 1. The average molecular weight is 434 g/mol. The molecule has 168 valence electrons. The summed E-state index contributed by atoms with van der Waals surface area (Å²) in [5.74, 6) is 1.58. The van der Waals surface area contributed by atoms with E-state index in [0.717, 1.165) is 25.9 Å². The van der Waals surface area contributed by atoms with Crippen LogP contribution in [-0.4, -0.2) is 59.5 Å². The fourth-order valence-electron chi connectivity index (χ4n) is 6.91. The molecule has 2 bridgehead atoms. The number of carbonyl (C=O) groups excluding carboxylic acids is 1. The topological polar surface area (TPSA) is 65.6 Å². The van der Waals surface area contributed by atoms with Crippen LogP contribution in [0.25, 0.3) is 10.9 Å². The van der Waals surface area contributed by atoms with E-state index < -0.39 is 0 Å². The first kappa shape index (κ1) is 20.0. The number of amides is 1. The number of carbonyl (C=O) groups is 1. The number of pyridine rings is 1. The van der Waals surface area contributed by atoms with Crippen LogP contribution in [-0.2, 0) is 0 Å².